The molecule has 0 aromatic heterocycles. The standard InChI is InChI=1S/C15H17P.2Ar/c1-10-6-4-7-11(2)14(10)15-12(3)8-5-9-13(15)16;;/h4-9H,16H2,1-3H3;;. The molecule has 0 aliphatic rings. The fraction of sp³-hybridized carbons (Fsp3) is 0.200. The van der Waals surface area contributed by atoms with Crippen molar-refractivity contribution in [2.24, 2.45) is 0 Å². The van der Waals surface area contributed by atoms with E-state index >= 15 is 0 Å². The molecule has 0 radical (unpaired) electrons. The Balaban J connectivity index is 0.00000144. The van der Waals surface area contributed by atoms with Crippen molar-refractivity contribution in [1.29, 1.82) is 0 Å². The van der Waals surface area contributed by atoms with Gasteiger partial charge in [-0.1, -0.05) is 36.4 Å². The molecule has 0 fully saturated rings. The summed E-state index contributed by atoms with van der Waals surface area (Å²) in [5.41, 5.74) is 6.77. The summed E-state index contributed by atoms with van der Waals surface area (Å²) in [6.45, 7) is 6.53. The maximum Gasteiger partial charge on any atom is 0 e. The molecule has 98 valence electrons. The molecule has 2 aromatic rings. The van der Waals surface area contributed by atoms with E-state index in [2.05, 4.69) is 66.4 Å². The fourth-order valence-corrected chi connectivity index (χ4v) is 2.72. The van der Waals surface area contributed by atoms with Crippen LogP contribution < -0.4 is 5.30 Å². The predicted octanol–water partition coefficient (Wildman–Crippen LogP) is 3.78. The Labute approximate surface area is 172 Å². The topological polar surface area (TPSA) is 0 Å². The van der Waals surface area contributed by atoms with Gasteiger partial charge in [0.05, 0.1) is 0 Å². The van der Waals surface area contributed by atoms with Gasteiger partial charge in [0.15, 0.2) is 0 Å². The van der Waals surface area contributed by atoms with Crippen molar-refractivity contribution in [2.75, 3.05) is 0 Å². The minimum absolute atomic E-state index is 0. The Kier molecular flexibility index (Phi) is 9.29. The molecule has 0 amide bonds. The van der Waals surface area contributed by atoms with Gasteiger partial charge in [0.25, 0.3) is 0 Å². The van der Waals surface area contributed by atoms with Crippen LogP contribution >= 0.6 is 9.24 Å². The number of benzene rings is 2. The smallest absolute Gasteiger partial charge is 0 e. The third-order valence-electron chi connectivity index (χ3n) is 3.04. The first-order valence-corrected chi connectivity index (χ1v) is 6.10. The molecule has 2 rings (SSSR count). The Hall–Kier alpha value is 1.39. The summed E-state index contributed by atoms with van der Waals surface area (Å²) in [5.74, 6) is 0. The second-order valence-corrected chi connectivity index (χ2v) is 4.93. The summed E-state index contributed by atoms with van der Waals surface area (Å²) < 4.78 is 0. The Morgan fingerprint density at radius 2 is 1.06 bits per heavy atom. The second-order valence-electron chi connectivity index (χ2n) is 4.31. The quantitative estimate of drug-likeness (QED) is 0.703. The summed E-state index contributed by atoms with van der Waals surface area (Å²) in [6.07, 6.45) is 0. The minimum Gasteiger partial charge on any atom is -0.105 e. The summed E-state index contributed by atoms with van der Waals surface area (Å²) in [4.78, 5) is 0. The molecule has 1 unspecified atom stereocenters. The number of hydrogen-bond acceptors (Lipinski definition) is 0. The molecule has 0 nitrogen and oxygen atoms in total. The van der Waals surface area contributed by atoms with E-state index in [4.69, 9.17) is 0 Å². The molecule has 0 N–H and O–H groups in total. The van der Waals surface area contributed by atoms with E-state index < -0.39 is 0 Å². The normalized spacial score (nSPS) is 9.33. The van der Waals surface area contributed by atoms with Crippen molar-refractivity contribution in [2.45, 2.75) is 20.8 Å². The number of rotatable bonds is 1. The van der Waals surface area contributed by atoms with E-state index in [1.807, 2.05) is 0 Å². The van der Waals surface area contributed by atoms with E-state index in [1.165, 1.54) is 33.1 Å². The molecule has 1 atom stereocenters. The van der Waals surface area contributed by atoms with Gasteiger partial charge in [-0.2, -0.15) is 0 Å². The number of hydrogen-bond donors (Lipinski definition) is 0. The Morgan fingerprint density at radius 3 is 1.50 bits per heavy atom. The van der Waals surface area contributed by atoms with Crippen LogP contribution in [0.3, 0.4) is 0 Å². The summed E-state index contributed by atoms with van der Waals surface area (Å²) in [7, 11) is 2.84. The SMILES string of the molecule is Cc1cccc(C)c1-c1c(C)cccc1P.[Ar].[Ar]. The molecule has 0 saturated heterocycles. The van der Waals surface area contributed by atoms with Crippen molar-refractivity contribution in [3.05, 3.63) is 53.1 Å². The van der Waals surface area contributed by atoms with Crippen LogP contribution in [0.4, 0.5) is 0 Å². The van der Waals surface area contributed by atoms with Gasteiger partial charge >= 0.3 is 0 Å². The molecule has 3 heteroatoms. The molecule has 0 spiro atoms. The van der Waals surface area contributed by atoms with Crippen LogP contribution in [-0.2, 0) is 0 Å². The Bertz CT molecular complexity index is 446. The van der Waals surface area contributed by atoms with Crippen LogP contribution in [0, 0.1) is 96.2 Å². The maximum atomic E-state index is 2.84. The largest absolute Gasteiger partial charge is 0.105 e. The molecule has 0 aliphatic carbocycles. The van der Waals surface area contributed by atoms with Crippen molar-refractivity contribution < 1.29 is 75.5 Å². The average Bonchev–Trinajstić information content (AvgIpc) is 2.21. The summed E-state index contributed by atoms with van der Waals surface area (Å²) in [5, 5.41) is 1.28. The van der Waals surface area contributed by atoms with E-state index in [-0.39, 0.29) is 75.5 Å². The van der Waals surface area contributed by atoms with Gasteiger partial charge in [-0.15, -0.1) is 9.24 Å². The van der Waals surface area contributed by atoms with Crippen LogP contribution in [0.2, 0.25) is 0 Å². The van der Waals surface area contributed by atoms with Crippen molar-refractivity contribution >= 4 is 14.5 Å². The predicted molar refractivity (Wildman–Crippen MR) is 75.4 cm³/mol. The zero-order valence-corrected chi connectivity index (χ0v) is 13.3. The Morgan fingerprint density at radius 1 is 0.667 bits per heavy atom. The third-order valence-corrected chi connectivity index (χ3v) is 3.52. The van der Waals surface area contributed by atoms with Gasteiger partial charge in [-0.3, -0.25) is 0 Å². The third kappa shape index (κ3) is 4.19. The van der Waals surface area contributed by atoms with Crippen molar-refractivity contribution in [3.63, 3.8) is 0 Å². The molecule has 0 aliphatic heterocycles. The van der Waals surface area contributed by atoms with Crippen molar-refractivity contribution in [3.8, 4) is 11.1 Å². The van der Waals surface area contributed by atoms with Gasteiger partial charge in [0.2, 0.25) is 0 Å². The van der Waals surface area contributed by atoms with Gasteiger partial charge < -0.3 is 0 Å². The maximum absolute atomic E-state index is 2.84. The van der Waals surface area contributed by atoms with E-state index in [1.54, 1.807) is 0 Å². The van der Waals surface area contributed by atoms with Gasteiger partial charge in [-0.05, 0) is 53.9 Å². The number of aryl methyl sites for hydroxylation is 3. The van der Waals surface area contributed by atoms with E-state index in [0.717, 1.165) is 0 Å². The molecule has 0 saturated carbocycles. The molecular formula is C15H17Ar2P. The molecule has 0 bridgehead atoms. The second kappa shape index (κ2) is 8.63. The molecular weight excluding hydrogens is 291 g/mol. The van der Waals surface area contributed by atoms with Gasteiger partial charge in [0, 0.05) is 75.5 Å². The summed E-state index contributed by atoms with van der Waals surface area (Å²) in [6, 6.07) is 12.9. The zero-order valence-electron chi connectivity index (χ0n) is 10.7. The monoisotopic (exact) mass is 308 g/mol. The average molecular weight is 308 g/mol. The first kappa shape index (κ1) is 19.4. The van der Waals surface area contributed by atoms with Crippen LogP contribution in [0.1, 0.15) is 16.7 Å². The first-order valence-electron chi connectivity index (χ1n) is 5.53. The van der Waals surface area contributed by atoms with Crippen LogP contribution in [0.15, 0.2) is 36.4 Å². The van der Waals surface area contributed by atoms with Crippen LogP contribution in [0.25, 0.3) is 11.1 Å². The molecule has 18 heavy (non-hydrogen) atoms. The molecule has 2 aromatic carbocycles. The zero-order chi connectivity index (χ0) is 11.7. The first-order chi connectivity index (χ1) is 7.61. The molecule has 0 heterocycles. The van der Waals surface area contributed by atoms with Crippen LogP contribution in [-0.4, -0.2) is 0 Å². The van der Waals surface area contributed by atoms with Gasteiger partial charge in [-0.25, -0.2) is 0 Å². The minimum atomic E-state index is 0. The van der Waals surface area contributed by atoms with E-state index in [0.29, 0.717) is 0 Å². The van der Waals surface area contributed by atoms with Crippen molar-refractivity contribution in [1.82, 2.24) is 0 Å². The van der Waals surface area contributed by atoms with Crippen LogP contribution in [0.5, 0.6) is 0 Å². The van der Waals surface area contributed by atoms with E-state index in [9.17, 15) is 0 Å². The van der Waals surface area contributed by atoms with Gasteiger partial charge in [0.1, 0.15) is 0 Å². The fourth-order valence-electron chi connectivity index (χ4n) is 2.24. The summed E-state index contributed by atoms with van der Waals surface area (Å²) >= 11 is 0.